The smallest absolute Gasteiger partial charge is 0.254 e. The van der Waals surface area contributed by atoms with Gasteiger partial charge >= 0.3 is 0 Å². The molecule has 140 valence electrons. The van der Waals surface area contributed by atoms with Gasteiger partial charge in [-0.15, -0.1) is 11.8 Å². The predicted molar refractivity (Wildman–Crippen MR) is 107 cm³/mol. The number of aryl methyl sites for hydroxylation is 3. The molecule has 6 heteroatoms. The summed E-state index contributed by atoms with van der Waals surface area (Å²) in [5, 5.41) is 7.20. The van der Waals surface area contributed by atoms with E-state index in [-0.39, 0.29) is 11.9 Å². The van der Waals surface area contributed by atoms with Crippen LogP contribution in [0.5, 0.6) is 0 Å². The fraction of sp³-hybridized carbons (Fsp3) is 0.500. The molecule has 1 aliphatic rings. The van der Waals surface area contributed by atoms with Crippen molar-refractivity contribution in [3.8, 4) is 0 Å². The maximum atomic E-state index is 12.2. The molecule has 3 rings (SSSR count). The molecule has 0 atom stereocenters. The molecule has 1 N–H and O–H groups in total. The van der Waals surface area contributed by atoms with Crippen LogP contribution in [0.1, 0.15) is 34.3 Å². The minimum Gasteiger partial charge on any atom is -0.349 e. The third-order valence-electron chi connectivity index (χ3n) is 5.04. The number of hydrogen-bond donors (Lipinski definition) is 1. The van der Waals surface area contributed by atoms with Crippen molar-refractivity contribution in [1.29, 1.82) is 0 Å². The molecule has 1 fully saturated rings. The Labute approximate surface area is 160 Å². The van der Waals surface area contributed by atoms with Gasteiger partial charge in [0, 0.05) is 49.6 Å². The molecule has 5 nitrogen and oxygen atoms in total. The molecule has 1 aliphatic heterocycles. The highest BCUT2D eigenvalue weighted by Gasteiger charge is 2.21. The number of thioether (sulfide) groups is 1. The number of nitrogens with zero attached hydrogens (tertiary/aromatic N) is 3. The van der Waals surface area contributed by atoms with Gasteiger partial charge in [0.2, 0.25) is 0 Å². The second-order valence-corrected chi connectivity index (χ2v) is 8.25. The summed E-state index contributed by atoms with van der Waals surface area (Å²) in [6.45, 7) is 7.52. The lowest BCUT2D eigenvalue weighted by Gasteiger charge is -2.32. The normalized spacial score (nSPS) is 16.0. The van der Waals surface area contributed by atoms with Crippen LogP contribution in [0.2, 0.25) is 0 Å². The topological polar surface area (TPSA) is 50.2 Å². The first-order chi connectivity index (χ1) is 12.5. The second-order valence-electron chi connectivity index (χ2n) is 7.09. The summed E-state index contributed by atoms with van der Waals surface area (Å²) in [5.41, 5.74) is 3.35. The number of piperidine rings is 1. The number of amides is 1. The Morgan fingerprint density at radius 2 is 2.04 bits per heavy atom. The molecule has 0 spiro atoms. The molecule has 2 aromatic rings. The molecule has 1 saturated heterocycles. The minimum absolute atomic E-state index is 0.0122. The Morgan fingerprint density at radius 3 is 2.69 bits per heavy atom. The van der Waals surface area contributed by atoms with E-state index in [1.165, 1.54) is 16.0 Å². The minimum atomic E-state index is -0.0122. The number of carbonyl (C=O) groups excluding carboxylic acids is 1. The van der Waals surface area contributed by atoms with Gasteiger partial charge in [-0.05, 0) is 49.9 Å². The molecule has 0 unspecified atom stereocenters. The number of likely N-dealkylation sites (tertiary alicyclic amines) is 1. The molecule has 0 saturated carbocycles. The van der Waals surface area contributed by atoms with E-state index in [9.17, 15) is 4.79 Å². The van der Waals surface area contributed by atoms with Crippen molar-refractivity contribution in [2.45, 2.75) is 37.6 Å². The van der Waals surface area contributed by atoms with Crippen molar-refractivity contribution in [3.63, 3.8) is 0 Å². The molecular formula is C20H28N4OS. The molecule has 26 heavy (non-hydrogen) atoms. The maximum absolute atomic E-state index is 12.2. The zero-order valence-corrected chi connectivity index (χ0v) is 16.7. The zero-order valence-electron chi connectivity index (χ0n) is 15.9. The second kappa shape index (κ2) is 8.73. The largest absolute Gasteiger partial charge is 0.349 e. The summed E-state index contributed by atoms with van der Waals surface area (Å²) in [7, 11) is 1.82. The molecule has 0 radical (unpaired) electrons. The van der Waals surface area contributed by atoms with Crippen LogP contribution in [-0.2, 0) is 7.05 Å². The van der Waals surface area contributed by atoms with Crippen molar-refractivity contribution in [1.82, 2.24) is 20.0 Å². The van der Waals surface area contributed by atoms with Crippen molar-refractivity contribution < 1.29 is 4.79 Å². The highest BCUT2D eigenvalue weighted by Crippen LogP contribution is 2.21. The van der Waals surface area contributed by atoms with Gasteiger partial charge in [0.25, 0.3) is 5.91 Å². The van der Waals surface area contributed by atoms with Gasteiger partial charge in [0.15, 0.2) is 0 Å². The molecule has 1 aromatic heterocycles. The predicted octanol–water partition coefficient (Wildman–Crippen LogP) is 3.02. The van der Waals surface area contributed by atoms with E-state index in [1.807, 2.05) is 18.8 Å². The van der Waals surface area contributed by atoms with Crippen molar-refractivity contribution >= 4 is 17.7 Å². The third kappa shape index (κ3) is 5.11. The zero-order chi connectivity index (χ0) is 18.5. The summed E-state index contributed by atoms with van der Waals surface area (Å²) in [6.07, 6.45) is 5.41. The molecular weight excluding hydrogens is 344 g/mol. The van der Waals surface area contributed by atoms with Crippen molar-refractivity contribution in [2.75, 3.05) is 25.4 Å². The van der Waals surface area contributed by atoms with Gasteiger partial charge in [-0.2, -0.15) is 5.10 Å². The van der Waals surface area contributed by atoms with Gasteiger partial charge in [0.05, 0.1) is 11.8 Å². The summed E-state index contributed by atoms with van der Waals surface area (Å²) in [4.78, 5) is 16.1. The Hall–Kier alpha value is -1.79. The van der Waals surface area contributed by atoms with Crippen molar-refractivity contribution in [3.05, 3.63) is 47.3 Å². The fourth-order valence-corrected chi connectivity index (χ4v) is 4.21. The SMILES string of the molecule is Cc1ccc(SCCN2CCC(NC(=O)c3cnn(C)c3)CC2)cc1C. The first-order valence-electron chi connectivity index (χ1n) is 9.23. The standard InChI is InChI=1S/C20H28N4OS/c1-15-4-5-19(12-16(15)2)26-11-10-24-8-6-18(7-9-24)22-20(25)17-13-21-23(3)14-17/h4-5,12-14,18H,6-11H2,1-3H3,(H,22,25). The fourth-order valence-electron chi connectivity index (χ4n) is 3.20. The molecule has 1 aromatic carbocycles. The van der Waals surface area contributed by atoms with Crippen LogP contribution >= 0.6 is 11.8 Å². The summed E-state index contributed by atoms with van der Waals surface area (Å²) < 4.78 is 1.66. The number of aromatic nitrogens is 2. The maximum Gasteiger partial charge on any atom is 0.254 e. The molecule has 1 amide bonds. The highest BCUT2D eigenvalue weighted by atomic mass is 32.2. The Morgan fingerprint density at radius 1 is 1.27 bits per heavy atom. The first-order valence-corrected chi connectivity index (χ1v) is 10.2. The molecule has 2 heterocycles. The monoisotopic (exact) mass is 372 g/mol. The van der Waals surface area contributed by atoms with E-state index < -0.39 is 0 Å². The third-order valence-corrected chi connectivity index (χ3v) is 6.02. The molecule has 0 bridgehead atoms. The summed E-state index contributed by atoms with van der Waals surface area (Å²) >= 11 is 1.93. The number of carbonyl (C=O) groups is 1. The van der Waals surface area contributed by atoms with Crippen LogP contribution in [0, 0.1) is 13.8 Å². The lowest BCUT2D eigenvalue weighted by Crippen LogP contribution is -2.45. The van der Waals surface area contributed by atoms with Gasteiger partial charge in [-0.1, -0.05) is 6.07 Å². The van der Waals surface area contributed by atoms with Gasteiger partial charge in [-0.3, -0.25) is 9.48 Å². The van der Waals surface area contributed by atoms with E-state index >= 15 is 0 Å². The number of rotatable bonds is 6. The average molecular weight is 373 g/mol. The lowest BCUT2D eigenvalue weighted by atomic mass is 10.0. The number of hydrogen-bond acceptors (Lipinski definition) is 4. The van der Waals surface area contributed by atoms with E-state index in [0.29, 0.717) is 5.56 Å². The van der Waals surface area contributed by atoms with E-state index in [2.05, 4.69) is 47.4 Å². The Bertz CT molecular complexity index is 750. The quantitative estimate of drug-likeness (QED) is 0.792. The van der Waals surface area contributed by atoms with E-state index in [0.717, 1.165) is 38.2 Å². The van der Waals surface area contributed by atoms with Crippen LogP contribution in [0.3, 0.4) is 0 Å². The number of nitrogens with one attached hydrogen (secondary N) is 1. The molecule has 0 aliphatic carbocycles. The van der Waals surface area contributed by atoms with E-state index in [1.54, 1.807) is 17.1 Å². The van der Waals surface area contributed by atoms with Crippen LogP contribution in [0.25, 0.3) is 0 Å². The highest BCUT2D eigenvalue weighted by molar-refractivity contribution is 7.99. The van der Waals surface area contributed by atoms with Gasteiger partial charge in [0.1, 0.15) is 0 Å². The van der Waals surface area contributed by atoms with Crippen LogP contribution in [0.15, 0.2) is 35.5 Å². The summed E-state index contributed by atoms with van der Waals surface area (Å²) in [6, 6.07) is 6.97. The first kappa shape index (κ1) is 19.0. The lowest BCUT2D eigenvalue weighted by molar-refractivity contribution is 0.0913. The van der Waals surface area contributed by atoms with E-state index in [4.69, 9.17) is 0 Å². The van der Waals surface area contributed by atoms with Gasteiger partial charge in [-0.25, -0.2) is 0 Å². The summed E-state index contributed by atoms with van der Waals surface area (Å²) in [5.74, 6) is 1.09. The van der Waals surface area contributed by atoms with Crippen LogP contribution in [-0.4, -0.2) is 52.0 Å². The Balaban J connectivity index is 1.37. The van der Waals surface area contributed by atoms with Crippen LogP contribution in [0.4, 0.5) is 0 Å². The number of benzene rings is 1. The average Bonchev–Trinajstić information content (AvgIpc) is 3.06. The Kier molecular flexibility index (Phi) is 6.38. The van der Waals surface area contributed by atoms with Crippen LogP contribution < -0.4 is 5.32 Å². The van der Waals surface area contributed by atoms with Gasteiger partial charge < -0.3 is 10.2 Å². The van der Waals surface area contributed by atoms with Crippen molar-refractivity contribution in [2.24, 2.45) is 7.05 Å².